The van der Waals surface area contributed by atoms with Crippen LogP contribution >= 0.6 is 62.5 Å². The molecule has 35 heavy (non-hydrogen) atoms. The third-order valence-electron chi connectivity index (χ3n) is 4.23. The number of ether oxygens (including phenoxy) is 2. The first kappa shape index (κ1) is 29.0. The fourth-order valence-corrected chi connectivity index (χ4v) is 3.91. The summed E-state index contributed by atoms with van der Waals surface area (Å²) in [4.78, 5) is 59.5. The summed E-state index contributed by atoms with van der Waals surface area (Å²) in [6, 6.07) is 3.84. The summed E-state index contributed by atoms with van der Waals surface area (Å²) >= 11 is 20.0. The molecule has 1 aliphatic rings. The van der Waals surface area contributed by atoms with Crippen molar-refractivity contribution in [3.63, 3.8) is 0 Å². The Morgan fingerprint density at radius 3 is 2.43 bits per heavy atom. The molecule has 0 spiro atoms. The number of β-lactam (4-membered cyclic amide) rings is 1. The van der Waals surface area contributed by atoms with Gasteiger partial charge in [0.2, 0.25) is 3.79 Å². The number of hydrogen-bond donors (Lipinski definition) is 2. The van der Waals surface area contributed by atoms with Crippen molar-refractivity contribution < 1.29 is 38.7 Å². The smallest absolute Gasteiger partial charge is 0.408 e. The topological polar surface area (TPSA) is 165 Å². The Hall–Kier alpha value is -2.26. The van der Waals surface area contributed by atoms with Gasteiger partial charge in [0.05, 0.1) is 10.3 Å². The number of thioether (sulfide) groups is 1. The number of alkyl carbamates (subject to hydrolysis) is 1. The van der Waals surface area contributed by atoms with Gasteiger partial charge < -0.3 is 19.9 Å². The SMILES string of the molecule is O=CSC1C(NC(=O)OCC(Cl)(Cl)Cl)C(=O)N1/C(C(=O)OCc1ccc([N+](=O)[O-])cc1)=C(/O)CBr. The Labute approximate surface area is 225 Å². The van der Waals surface area contributed by atoms with E-state index >= 15 is 0 Å². The van der Waals surface area contributed by atoms with Gasteiger partial charge in [0.1, 0.15) is 30.4 Å². The Bertz CT molecular complexity index is 1040. The number of hydrogen-bond acceptors (Lipinski definition) is 10. The molecule has 1 aromatic carbocycles. The van der Waals surface area contributed by atoms with Crippen LogP contribution in [0.3, 0.4) is 0 Å². The number of amides is 2. The van der Waals surface area contributed by atoms with Crippen molar-refractivity contribution in [2.45, 2.75) is 21.8 Å². The van der Waals surface area contributed by atoms with Gasteiger partial charge in [-0.25, -0.2) is 9.59 Å². The molecule has 190 valence electrons. The summed E-state index contributed by atoms with van der Waals surface area (Å²) in [5.74, 6) is -2.56. The minimum absolute atomic E-state index is 0.164. The Morgan fingerprint density at radius 1 is 1.29 bits per heavy atom. The molecule has 0 bridgehead atoms. The Morgan fingerprint density at radius 2 is 1.91 bits per heavy atom. The zero-order chi connectivity index (χ0) is 26.3. The minimum Gasteiger partial charge on any atom is -0.509 e. The van der Waals surface area contributed by atoms with Gasteiger partial charge in [-0.05, 0) is 17.7 Å². The molecule has 1 aliphatic heterocycles. The van der Waals surface area contributed by atoms with E-state index in [1.807, 2.05) is 0 Å². The highest BCUT2D eigenvalue weighted by molar-refractivity contribution is 9.09. The number of esters is 1. The van der Waals surface area contributed by atoms with Crippen LogP contribution in [-0.4, -0.2) is 65.7 Å². The highest BCUT2D eigenvalue weighted by Crippen LogP contribution is 2.35. The summed E-state index contributed by atoms with van der Waals surface area (Å²) in [5.41, 5.74) is 0.0343. The van der Waals surface area contributed by atoms with E-state index in [1.165, 1.54) is 24.3 Å². The number of alkyl halides is 4. The molecule has 2 rings (SSSR count). The summed E-state index contributed by atoms with van der Waals surface area (Å²) in [6.45, 7) is -0.960. The highest BCUT2D eigenvalue weighted by atomic mass is 79.9. The first-order chi connectivity index (χ1) is 16.4. The second-order valence-corrected chi connectivity index (χ2v) is 10.6. The number of nitro groups is 1. The van der Waals surface area contributed by atoms with Crippen molar-refractivity contribution in [3.8, 4) is 0 Å². The average Bonchev–Trinajstić information content (AvgIpc) is 2.81. The van der Waals surface area contributed by atoms with E-state index in [0.717, 1.165) is 4.90 Å². The zero-order valence-corrected chi connectivity index (χ0v) is 21.9. The largest absolute Gasteiger partial charge is 0.509 e. The van der Waals surface area contributed by atoms with E-state index in [0.29, 0.717) is 22.9 Å². The summed E-state index contributed by atoms with van der Waals surface area (Å²) < 4.78 is 7.94. The number of likely N-dealkylation sites (tertiary alicyclic amines) is 1. The van der Waals surface area contributed by atoms with E-state index in [2.05, 4.69) is 21.2 Å². The molecule has 0 radical (unpaired) electrons. The van der Waals surface area contributed by atoms with Crippen molar-refractivity contribution >= 4 is 91.8 Å². The molecule has 17 heteroatoms. The van der Waals surface area contributed by atoms with Gasteiger partial charge in [-0.3, -0.25) is 24.6 Å². The number of carbonyl (C=O) groups is 4. The number of carbonyl (C=O) groups excluding carboxylic acids is 4. The number of nitro benzene ring substituents is 1. The number of benzene rings is 1. The van der Waals surface area contributed by atoms with Crippen molar-refractivity contribution in [3.05, 3.63) is 51.4 Å². The first-order valence-corrected chi connectivity index (χ1v) is 12.4. The number of aliphatic hydroxyl groups is 1. The van der Waals surface area contributed by atoms with Crippen LogP contribution in [0, 0.1) is 10.1 Å². The Kier molecular flexibility index (Phi) is 10.5. The molecule has 1 saturated heterocycles. The number of nitrogens with zero attached hydrogens (tertiary/aromatic N) is 2. The van der Waals surface area contributed by atoms with Crippen LogP contribution in [0.25, 0.3) is 0 Å². The van der Waals surface area contributed by atoms with E-state index in [-0.39, 0.29) is 17.6 Å². The van der Waals surface area contributed by atoms with Crippen LogP contribution in [0.4, 0.5) is 10.5 Å². The first-order valence-electron chi connectivity index (χ1n) is 9.20. The predicted octanol–water partition coefficient (Wildman–Crippen LogP) is 3.36. The molecule has 2 atom stereocenters. The lowest BCUT2D eigenvalue weighted by molar-refractivity contribution is -0.384. The molecule has 2 unspecified atom stereocenters. The average molecular weight is 636 g/mol. The third-order valence-corrected chi connectivity index (χ3v) is 5.96. The third kappa shape index (κ3) is 7.87. The van der Waals surface area contributed by atoms with Crippen LogP contribution < -0.4 is 5.32 Å². The zero-order valence-electron chi connectivity index (χ0n) is 17.2. The number of allylic oxidation sites excluding steroid dienone is 1. The lowest BCUT2D eigenvalue weighted by Gasteiger charge is -2.45. The number of non-ortho nitro benzene ring substituents is 1. The van der Waals surface area contributed by atoms with Gasteiger partial charge >= 0.3 is 12.1 Å². The van der Waals surface area contributed by atoms with Crippen LogP contribution in [0.5, 0.6) is 0 Å². The van der Waals surface area contributed by atoms with Crippen molar-refractivity contribution in [1.82, 2.24) is 10.2 Å². The van der Waals surface area contributed by atoms with Gasteiger partial charge in [-0.1, -0.05) is 62.5 Å². The van der Waals surface area contributed by atoms with Gasteiger partial charge in [-0.2, -0.15) is 0 Å². The molecular weight excluding hydrogens is 621 g/mol. The van der Waals surface area contributed by atoms with Crippen LogP contribution in [0.2, 0.25) is 0 Å². The molecule has 0 aromatic heterocycles. The maximum atomic E-state index is 12.7. The van der Waals surface area contributed by atoms with Crippen molar-refractivity contribution in [2.24, 2.45) is 0 Å². The Balaban J connectivity index is 2.15. The summed E-state index contributed by atoms with van der Waals surface area (Å²) in [6.07, 6.45) is -1.12. The number of halogens is 4. The molecule has 1 fully saturated rings. The van der Waals surface area contributed by atoms with Gasteiger partial charge in [0.15, 0.2) is 11.3 Å². The second-order valence-electron chi connectivity index (χ2n) is 6.57. The normalized spacial score (nSPS) is 18.2. The van der Waals surface area contributed by atoms with E-state index in [9.17, 15) is 34.4 Å². The maximum absolute atomic E-state index is 12.7. The summed E-state index contributed by atoms with van der Waals surface area (Å²) in [5, 5.41) is 21.8. The molecule has 0 aliphatic carbocycles. The van der Waals surface area contributed by atoms with Gasteiger partial charge in [0.25, 0.3) is 11.6 Å². The number of nitrogens with one attached hydrogen (secondary N) is 1. The van der Waals surface area contributed by atoms with Crippen molar-refractivity contribution in [1.29, 1.82) is 0 Å². The van der Waals surface area contributed by atoms with E-state index in [1.54, 1.807) is 0 Å². The molecule has 1 aromatic rings. The fraction of sp³-hybridized carbons (Fsp3) is 0.333. The van der Waals surface area contributed by atoms with Crippen molar-refractivity contribution in [2.75, 3.05) is 11.9 Å². The minimum atomic E-state index is -1.89. The second kappa shape index (κ2) is 12.6. The van der Waals surface area contributed by atoms with Crippen LogP contribution in [-0.2, 0) is 30.5 Å². The highest BCUT2D eigenvalue weighted by Gasteiger charge is 2.53. The quantitative estimate of drug-likeness (QED) is 0.0569. The molecule has 2 N–H and O–H groups in total. The van der Waals surface area contributed by atoms with Crippen LogP contribution in [0.1, 0.15) is 5.56 Å². The molecule has 1 heterocycles. The lowest BCUT2D eigenvalue weighted by atomic mass is 10.1. The molecular formula is C18H15BrCl3N3O9S. The van der Waals surface area contributed by atoms with E-state index in [4.69, 9.17) is 44.3 Å². The van der Waals surface area contributed by atoms with Crippen LogP contribution in [0.15, 0.2) is 35.7 Å². The number of aliphatic hydroxyl groups excluding tert-OH is 1. The molecule has 12 nitrogen and oxygen atoms in total. The fourth-order valence-electron chi connectivity index (χ4n) is 2.70. The predicted molar refractivity (Wildman–Crippen MR) is 130 cm³/mol. The van der Waals surface area contributed by atoms with Gasteiger partial charge in [-0.15, -0.1) is 0 Å². The lowest BCUT2D eigenvalue weighted by Crippen LogP contribution is -2.69. The monoisotopic (exact) mass is 633 g/mol. The standard InChI is InChI=1S/C18H15BrCl3N3O9S/c19-5-11(27)13(16(29)33-6-9-1-3-10(4-2-9)25(31)32)24-14(28)12(15(24)35-8-26)23-17(30)34-7-18(20,21)22/h1-4,8,12,15,27H,5-7H2,(H,23,30)/b13-11+. The van der Waals surface area contributed by atoms with Gasteiger partial charge in [0, 0.05) is 12.1 Å². The molecule has 2 amide bonds. The molecule has 0 saturated carbocycles. The maximum Gasteiger partial charge on any atom is 0.408 e. The van der Waals surface area contributed by atoms with E-state index < -0.39 is 56.2 Å². The number of rotatable bonds is 10. The summed E-state index contributed by atoms with van der Waals surface area (Å²) in [7, 11) is 0.